The molecule has 0 spiro atoms. The van der Waals surface area contributed by atoms with E-state index < -0.39 is 0 Å². The lowest BCUT2D eigenvalue weighted by Crippen LogP contribution is -2.23. The van der Waals surface area contributed by atoms with Crippen LogP contribution in [0.3, 0.4) is 0 Å². The predicted molar refractivity (Wildman–Crippen MR) is 157 cm³/mol. The first-order valence-corrected chi connectivity index (χ1v) is 15.0. The summed E-state index contributed by atoms with van der Waals surface area (Å²) in [7, 11) is 3.72. The zero-order chi connectivity index (χ0) is 25.9. The van der Waals surface area contributed by atoms with Gasteiger partial charge in [0.1, 0.15) is 0 Å². The second-order valence-electron chi connectivity index (χ2n) is 14.7. The molecule has 190 valence electrons. The summed E-state index contributed by atoms with van der Waals surface area (Å²) in [4.78, 5) is 2.64. The Morgan fingerprint density at radius 3 is 0.941 bits per heavy atom. The minimum absolute atomic E-state index is 0.260. The highest BCUT2D eigenvalue weighted by molar-refractivity contribution is 8.76. The van der Waals surface area contributed by atoms with Gasteiger partial charge >= 0.3 is 0 Å². The van der Waals surface area contributed by atoms with Crippen LogP contribution in [0, 0.1) is 21.7 Å². The van der Waals surface area contributed by atoms with Crippen LogP contribution in [0.1, 0.15) is 119 Å². The fraction of sp³-hybridized carbons (Fsp3) is 0.625. The van der Waals surface area contributed by atoms with Crippen LogP contribution < -0.4 is 0 Å². The van der Waals surface area contributed by atoms with Gasteiger partial charge in [0.25, 0.3) is 0 Å². The molecule has 2 heteroatoms. The zero-order valence-corrected chi connectivity index (χ0v) is 25.6. The molecule has 0 aromatic heterocycles. The molecule has 0 bridgehead atoms. The third-order valence-electron chi connectivity index (χ3n) is 6.52. The lowest BCUT2D eigenvalue weighted by Gasteiger charge is -2.36. The molecule has 2 atom stereocenters. The molecule has 2 rings (SSSR count). The fourth-order valence-electron chi connectivity index (χ4n) is 4.68. The molecule has 0 aliphatic carbocycles. The highest BCUT2D eigenvalue weighted by Gasteiger charge is 2.31. The van der Waals surface area contributed by atoms with Gasteiger partial charge in [0.2, 0.25) is 0 Å². The van der Waals surface area contributed by atoms with E-state index in [4.69, 9.17) is 0 Å². The standard InChI is InChI=1S/C32H50S2/c1-29(2,3)21-27(31(7,8)9)23-13-17-25(18-14-23)33-34-26-19-15-24(16-20-26)28(32(10,11)12)22-30(4,5)6/h13-20,27-28H,21-22H2,1-12H3. The Morgan fingerprint density at radius 2 is 0.735 bits per heavy atom. The van der Waals surface area contributed by atoms with Crippen molar-refractivity contribution < 1.29 is 0 Å². The van der Waals surface area contributed by atoms with E-state index in [-0.39, 0.29) is 10.8 Å². The monoisotopic (exact) mass is 498 g/mol. The van der Waals surface area contributed by atoms with Gasteiger partial charge in [0.05, 0.1) is 0 Å². The molecular weight excluding hydrogens is 448 g/mol. The highest BCUT2D eigenvalue weighted by Crippen LogP contribution is 2.46. The summed E-state index contributed by atoms with van der Waals surface area (Å²) in [5.41, 5.74) is 4.10. The summed E-state index contributed by atoms with van der Waals surface area (Å²) >= 11 is 0. The minimum atomic E-state index is 0.260. The maximum atomic E-state index is 2.37. The topological polar surface area (TPSA) is 0 Å². The maximum absolute atomic E-state index is 2.37. The first kappa shape index (κ1) is 29.4. The molecular formula is C32H50S2. The van der Waals surface area contributed by atoms with Crippen molar-refractivity contribution in [1.29, 1.82) is 0 Å². The van der Waals surface area contributed by atoms with Crippen molar-refractivity contribution in [1.82, 2.24) is 0 Å². The quantitative estimate of drug-likeness (QED) is 0.348. The summed E-state index contributed by atoms with van der Waals surface area (Å²) in [5.74, 6) is 1.13. The molecule has 0 N–H and O–H groups in total. The van der Waals surface area contributed by atoms with Gasteiger partial charge in [-0.2, -0.15) is 0 Å². The van der Waals surface area contributed by atoms with Crippen molar-refractivity contribution in [2.24, 2.45) is 21.7 Å². The number of hydrogen-bond donors (Lipinski definition) is 0. The third kappa shape index (κ3) is 9.65. The van der Waals surface area contributed by atoms with Crippen molar-refractivity contribution >= 4 is 21.6 Å². The Morgan fingerprint density at radius 1 is 0.471 bits per heavy atom. The van der Waals surface area contributed by atoms with Gasteiger partial charge in [-0.3, -0.25) is 0 Å². The van der Waals surface area contributed by atoms with Gasteiger partial charge in [0, 0.05) is 9.79 Å². The molecule has 2 aromatic carbocycles. The number of rotatable bonds is 7. The summed E-state index contributed by atoms with van der Waals surface area (Å²) in [6, 6.07) is 18.7. The molecule has 0 amide bonds. The van der Waals surface area contributed by atoms with Gasteiger partial charge < -0.3 is 0 Å². The summed E-state index contributed by atoms with van der Waals surface area (Å²) < 4.78 is 0. The van der Waals surface area contributed by atoms with Gasteiger partial charge in [-0.1, -0.05) is 129 Å². The second-order valence-corrected chi connectivity index (χ2v) is 16.9. The van der Waals surface area contributed by atoms with Crippen molar-refractivity contribution in [3.05, 3.63) is 59.7 Å². The van der Waals surface area contributed by atoms with E-state index in [0.29, 0.717) is 22.7 Å². The molecule has 0 aliphatic rings. The minimum Gasteiger partial charge on any atom is -0.0602 e. The van der Waals surface area contributed by atoms with Crippen LogP contribution in [0.5, 0.6) is 0 Å². The van der Waals surface area contributed by atoms with Crippen molar-refractivity contribution in [3.63, 3.8) is 0 Å². The van der Waals surface area contributed by atoms with Crippen LogP contribution in [0.15, 0.2) is 58.3 Å². The van der Waals surface area contributed by atoms with Crippen LogP contribution in [0.2, 0.25) is 0 Å². The predicted octanol–water partition coefficient (Wildman–Crippen LogP) is 11.6. The highest BCUT2D eigenvalue weighted by atomic mass is 33.1. The van der Waals surface area contributed by atoms with E-state index in [1.165, 1.54) is 33.8 Å². The number of benzene rings is 2. The van der Waals surface area contributed by atoms with Crippen LogP contribution in [0.4, 0.5) is 0 Å². The third-order valence-corrected chi connectivity index (χ3v) is 8.94. The van der Waals surface area contributed by atoms with E-state index in [1.807, 2.05) is 21.6 Å². The molecule has 34 heavy (non-hydrogen) atoms. The van der Waals surface area contributed by atoms with Crippen molar-refractivity contribution in [2.75, 3.05) is 0 Å². The van der Waals surface area contributed by atoms with Gasteiger partial charge in [-0.25, -0.2) is 0 Å². The van der Waals surface area contributed by atoms with Crippen LogP contribution in [0.25, 0.3) is 0 Å². The van der Waals surface area contributed by atoms with E-state index in [9.17, 15) is 0 Å². The average Bonchev–Trinajstić information content (AvgIpc) is 2.67. The SMILES string of the molecule is CC(C)(C)CC(c1ccc(SSc2ccc(C(CC(C)(C)C)C(C)(C)C)cc2)cc1)C(C)(C)C. The fourth-order valence-corrected chi connectivity index (χ4v) is 6.61. The van der Waals surface area contributed by atoms with Crippen molar-refractivity contribution in [2.45, 2.75) is 118 Å². The smallest absolute Gasteiger partial charge is 0.0186 e. The van der Waals surface area contributed by atoms with E-state index in [1.54, 1.807) is 0 Å². The molecule has 0 nitrogen and oxygen atoms in total. The molecule has 0 aliphatic heterocycles. The Bertz CT molecular complexity index is 801. The Balaban J connectivity index is 2.08. The Hall–Kier alpha value is -0.860. The summed E-state index contributed by atoms with van der Waals surface area (Å²) in [5, 5.41) is 0. The lowest BCUT2D eigenvalue weighted by atomic mass is 9.69. The van der Waals surface area contributed by atoms with Crippen molar-refractivity contribution in [3.8, 4) is 0 Å². The van der Waals surface area contributed by atoms with Gasteiger partial charge in [0.15, 0.2) is 0 Å². The van der Waals surface area contributed by atoms with Crippen LogP contribution in [-0.2, 0) is 0 Å². The maximum Gasteiger partial charge on any atom is 0.0186 e. The second kappa shape index (κ2) is 11.0. The number of hydrogen-bond acceptors (Lipinski definition) is 2. The summed E-state index contributed by atoms with van der Waals surface area (Å²) in [6.07, 6.45) is 2.41. The lowest BCUT2D eigenvalue weighted by molar-refractivity contribution is 0.229. The van der Waals surface area contributed by atoms with E-state index in [2.05, 4.69) is 132 Å². The van der Waals surface area contributed by atoms with Gasteiger partial charge in [-0.15, -0.1) is 0 Å². The average molecular weight is 499 g/mol. The zero-order valence-electron chi connectivity index (χ0n) is 24.0. The largest absolute Gasteiger partial charge is 0.0602 e. The molecule has 0 saturated carbocycles. The molecule has 0 heterocycles. The molecule has 2 unspecified atom stereocenters. The normalized spacial score (nSPS) is 15.3. The molecule has 0 radical (unpaired) electrons. The molecule has 0 fully saturated rings. The van der Waals surface area contributed by atoms with E-state index in [0.717, 1.165) is 0 Å². The van der Waals surface area contributed by atoms with Crippen LogP contribution in [-0.4, -0.2) is 0 Å². The van der Waals surface area contributed by atoms with Crippen LogP contribution >= 0.6 is 21.6 Å². The first-order valence-electron chi connectivity index (χ1n) is 12.9. The Kier molecular flexibility index (Phi) is 9.53. The Labute approximate surface area is 219 Å². The molecule has 2 aromatic rings. The first-order chi connectivity index (χ1) is 15.4. The summed E-state index contributed by atoms with van der Waals surface area (Å²) in [6.45, 7) is 28.3. The molecule has 0 saturated heterocycles. The van der Waals surface area contributed by atoms with E-state index >= 15 is 0 Å². The van der Waals surface area contributed by atoms with Gasteiger partial charge in [-0.05, 0) is 81.7 Å².